The van der Waals surface area contributed by atoms with Crippen LogP contribution < -0.4 is 10.1 Å². The van der Waals surface area contributed by atoms with Crippen LogP contribution in [0.5, 0.6) is 5.75 Å². The van der Waals surface area contributed by atoms with E-state index in [0.29, 0.717) is 36.8 Å². The highest BCUT2D eigenvalue weighted by atomic mass is 16.7. The number of rotatable bonds is 6. The fraction of sp³-hybridized carbons (Fsp3) is 0.350. The summed E-state index contributed by atoms with van der Waals surface area (Å²) in [4.78, 5) is 14.3. The number of nitrogens with zero attached hydrogens (tertiary/aromatic N) is 1. The number of carbonyl (C=O) groups excluding carboxylic acids is 1. The number of furan rings is 1. The molecular weight excluding hydrogens is 348 g/mol. The molecule has 2 aromatic carbocycles. The second-order valence-electron chi connectivity index (χ2n) is 6.56. The molecule has 1 aliphatic rings. The Labute approximate surface area is 156 Å². The van der Waals surface area contributed by atoms with E-state index in [4.69, 9.17) is 18.6 Å². The Morgan fingerprint density at radius 3 is 2.74 bits per heavy atom. The number of amides is 1. The van der Waals surface area contributed by atoms with Gasteiger partial charge >= 0.3 is 0 Å². The van der Waals surface area contributed by atoms with Gasteiger partial charge in [0, 0.05) is 23.4 Å². The second-order valence-corrected chi connectivity index (χ2v) is 6.56. The number of carbonyl (C=O) groups is 1. The molecule has 0 radical (unpaired) electrons. The van der Waals surface area contributed by atoms with Crippen LogP contribution in [-0.4, -0.2) is 57.6 Å². The summed E-state index contributed by atoms with van der Waals surface area (Å²) in [6.45, 7) is 1.94. The van der Waals surface area contributed by atoms with Crippen molar-refractivity contribution in [1.29, 1.82) is 0 Å². The zero-order valence-corrected chi connectivity index (χ0v) is 15.4. The van der Waals surface area contributed by atoms with E-state index in [0.717, 1.165) is 16.4 Å². The maximum Gasteiger partial charge on any atom is 0.238 e. The molecule has 0 atom stereocenters. The summed E-state index contributed by atoms with van der Waals surface area (Å²) >= 11 is 0. The molecule has 1 fully saturated rings. The molecule has 1 aliphatic heterocycles. The molecule has 1 N–H and O–H groups in total. The zero-order valence-electron chi connectivity index (χ0n) is 15.4. The van der Waals surface area contributed by atoms with Crippen molar-refractivity contribution in [2.45, 2.75) is 6.29 Å². The first-order chi connectivity index (χ1) is 13.1. The summed E-state index contributed by atoms with van der Waals surface area (Å²) in [7, 11) is 3.43. The fourth-order valence-electron chi connectivity index (χ4n) is 3.28. The van der Waals surface area contributed by atoms with Crippen LogP contribution >= 0.6 is 0 Å². The molecule has 7 heteroatoms. The summed E-state index contributed by atoms with van der Waals surface area (Å²) in [5.74, 6) is 0.441. The maximum atomic E-state index is 12.5. The number of benzene rings is 2. The van der Waals surface area contributed by atoms with Gasteiger partial charge in [-0.1, -0.05) is 18.2 Å². The second kappa shape index (κ2) is 7.56. The number of methoxy groups -OCH3 is 1. The van der Waals surface area contributed by atoms with E-state index >= 15 is 0 Å². The number of hydrogen-bond donors (Lipinski definition) is 1. The Balaban J connectivity index is 1.51. The van der Waals surface area contributed by atoms with Gasteiger partial charge in [-0.05, 0) is 19.2 Å². The molecular formula is C20H22N2O5. The average molecular weight is 370 g/mol. The van der Waals surface area contributed by atoms with Crippen LogP contribution in [0.15, 0.2) is 40.8 Å². The van der Waals surface area contributed by atoms with Crippen molar-refractivity contribution in [3.63, 3.8) is 0 Å². The molecule has 1 amide bonds. The van der Waals surface area contributed by atoms with Crippen molar-refractivity contribution >= 4 is 33.5 Å². The lowest BCUT2D eigenvalue weighted by Gasteiger charge is -2.19. The third kappa shape index (κ3) is 3.75. The molecule has 0 bridgehead atoms. The first-order valence-electron chi connectivity index (χ1n) is 8.85. The van der Waals surface area contributed by atoms with E-state index in [1.54, 1.807) is 13.2 Å². The number of nitrogens with one attached hydrogen (secondary N) is 1. The van der Waals surface area contributed by atoms with Gasteiger partial charge in [0.2, 0.25) is 5.91 Å². The molecule has 2 heterocycles. The molecule has 0 unspecified atom stereocenters. The molecule has 0 spiro atoms. The van der Waals surface area contributed by atoms with E-state index in [-0.39, 0.29) is 18.7 Å². The number of anilines is 1. The van der Waals surface area contributed by atoms with Gasteiger partial charge in [-0.15, -0.1) is 0 Å². The summed E-state index contributed by atoms with van der Waals surface area (Å²) < 4.78 is 22.2. The summed E-state index contributed by atoms with van der Waals surface area (Å²) in [5.41, 5.74) is 2.08. The molecule has 4 rings (SSSR count). The number of likely N-dealkylation sites (N-methyl/N-ethyl adjacent to an activating group) is 1. The molecule has 7 nitrogen and oxygen atoms in total. The third-order valence-electron chi connectivity index (χ3n) is 4.54. The summed E-state index contributed by atoms with van der Waals surface area (Å²) in [5, 5.41) is 4.87. The minimum absolute atomic E-state index is 0.149. The van der Waals surface area contributed by atoms with Crippen LogP contribution in [0.25, 0.3) is 21.9 Å². The normalized spacial score (nSPS) is 15.1. The van der Waals surface area contributed by atoms with Gasteiger partial charge < -0.3 is 23.9 Å². The molecule has 1 saturated heterocycles. The zero-order chi connectivity index (χ0) is 18.8. The quantitative estimate of drug-likeness (QED) is 0.719. The highest BCUT2D eigenvalue weighted by molar-refractivity contribution is 6.07. The minimum atomic E-state index is -0.274. The highest BCUT2D eigenvalue weighted by Crippen LogP contribution is 2.36. The fourth-order valence-corrected chi connectivity index (χ4v) is 3.28. The van der Waals surface area contributed by atoms with Crippen LogP contribution in [0.2, 0.25) is 0 Å². The van der Waals surface area contributed by atoms with E-state index in [1.807, 2.05) is 42.3 Å². The number of hydrogen-bond acceptors (Lipinski definition) is 6. The Hall–Kier alpha value is -2.61. The van der Waals surface area contributed by atoms with Gasteiger partial charge in [-0.3, -0.25) is 9.69 Å². The third-order valence-corrected chi connectivity index (χ3v) is 4.54. The topological polar surface area (TPSA) is 73.2 Å². The predicted octanol–water partition coefficient (Wildman–Crippen LogP) is 2.84. The van der Waals surface area contributed by atoms with Gasteiger partial charge in [0.1, 0.15) is 16.9 Å². The van der Waals surface area contributed by atoms with Crippen LogP contribution in [0.1, 0.15) is 0 Å². The average Bonchev–Trinajstić information content (AvgIpc) is 3.27. The molecule has 27 heavy (non-hydrogen) atoms. The first kappa shape index (κ1) is 17.8. The van der Waals surface area contributed by atoms with Crippen LogP contribution in [0.4, 0.5) is 5.69 Å². The lowest BCUT2D eigenvalue weighted by atomic mass is 10.1. The lowest BCUT2D eigenvalue weighted by molar-refractivity contribution is -0.118. The minimum Gasteiger partial charge on any atom is -0.495 e. The standard InChI is InChI=1S/C20H22N2O5/c1-22(12-20-25-7-8-26-20)11-19(23)21-15-10-17-14(9-18(15)24-2)13-5-3-4-6-16(13)27-17/h3-6,9-10,20H,7-8,11-12H2,1-2H3,(H,21,23). The number of para-hydroxylation sites is 1. The Morgan fingerprint density at radius 2 is 1.96 bits per heavy atom. The Bertz CT molecular complexity index is 962. The van der Waals surface area contributed by atoms with Crippen molar-refractivity contribution in [3.05, 3.63) is 36.4 Å². The van der Waals surface area contributed by atoms with Gasteiger partial charge in [-0.2, -0.15) is 0 Å². The van der Waals surface area contributed by atoms with Crippen molar-refractivity contribution < 1.29 is 23.4 Å². The number of fused-ring (bicyclic) bond motifs is 3. The summed E-state index contributed by atoms with van der Waals surface area (Å²) in [6, 6.07) is 11.5. The Kier molecular flexibility index (Phi) is 4.98. The largest absolute Gasteiger partial charge is 0.495 e. The van der Waals surface area contributed by atoms with Crippen molar-refractivity contribution in [2.75, 3.05) is 45.8 Å². The van der Waals surface area contributed by atoms with Crippen molar-refractivity contribution in [1.82, 2.24) is 4.90 Å². The van der Waals surface area contributed by atoms with Crippen LogP contribution in [-0.2, 0) is 14.3 Å². The highest BCUT2D eigenvalue weighted by Gasteiger charge is 2.20. The molecule has 142 valence electrons. The van der Waals surface area contributed by atoms with Crippen molar-refractivity contribution in [2.24, 2.45) is 0 Å². The van der Waals surface area contributed by atoms with Crippen LogP contribution in [0, 0.1) is 0 Å². The number of ether oxygens (including phenoxy) is 3. The monoisotopic (exact) mass is 370 g/mol. The van der Waals surface area contributed by atoms with Gasteiger partial charge in [0.15, 0.2) is 6.29 Å². The molecule has 0 aliphatic carbocycles. The maximum absolute atomic E-state index is 12.5. The van der Waals surface area contributed by atoms with E-state index in [1.165, 1.54) is 0 Å². The van der Waals surface area contributed by atoms with Gasteiger partial charge in [-0.25, -0.2) is 0 Å². The smallest absolute Gasteiger partial charge is 0.238 e. The van der Waals surface area contributed by atoms with Gasteiger partial charge in [0.25, 0.3) is 0 Å². The van der Waals surface area contributed by atoms with Gasteiger partial charge in [0.05, 0.1) is 32.6 Å². The van der Waals surface area contributed by atoms with Crippen LogP contribution in [0.3, 0.4) is 0 Å². The van der Waals surface area contributed by atoms with Crippen molar-refractivity contribution in [3.8, 4) is 5.75 Å². The van der Waals surface area contributed by atoms with E-state index < -0.39 is 0 Å². The molecule has 3 aromatic rings. The Morgan fingerprint density at radius 1 is 1.19 bits per heavy atom. The predicted molar refractivity (Wildman–Crippen MR) is 102 cm³/mol. The van der Waals surface area contributed by atoms with E-state index in [9.17, 15) is 4.79 Å². The van der Waals surface area contributed by atoms with E-state index in [2.05, 4.69) is 5.32 Å². The SMILES string of the molecule is COc1cc2c(cc1NC(=O)CN(C)CC1OCCO1)oc1ccccc12. The molecule has 0 saturated carbocycles. The molecule has 1 aromatic heterocycles. The summed E-state index contributed by atoms with van der Waals surface area (Å²) in [6.07, 6.45) is -0.274. The first-order valence-corrected chi connectivity index (χ1v) is 8.85. The lowest BCUT2D eigenvalue weighted by Crippen LogP contribution is -2.36.